The Morgan fingerprint density at radius 3 is 2.36 bits per heavy atom. The topological polar surface area (TPSA) is 139 Å². The summed E-state index contributed by atoms with van der Waals surface area (Å²) in [6, 6.07) is -2.01. The number of hydrogen-bond donors (Lipinski definition) is 4. The highest BCUT2D eigenvalue weighted by Gasteiger charge is 2.69. The lowest BCUT2D eigenvalue weighted by atomic mass is 9.97. The Balaban J connectivity index is 1.77. The van der Waals surface area contributed by atoms with E-state index in [2.05, 4.69) is 19.2 Å². The molecule has 6 N–H and O–H groups in total. The van der Waals surface area contributed by atoms with Gasteiger partial charge in [0, 0.05) is 6.54 Å². The van der Waals surface area contributed by atoms with Gasteiger partial charge >= 0.3 is 0 Å². The summed E-state index contributed by atoms with van der Waals surface area (Å²) in [7, 11) is 0. The summed E-state index contributed by atoms with van der Waals surface area (Å²) in [6.45, 7) is 8.49. The smallest absolute Gasteiger partial charge is 0.248 e. The van der Waals surface area contributed by atoms with Crippen LogP contribution in [0.1, 0.15) is 47.0 Å². The first-order chi connectivity index (χ1) is 13.0. The standard InChI is InChI=1S/C20H34N4O4/c1-9(2)14(21)19(28)24-8-11-13(20(11,3)4)15(24)18(27)23-12(7-10-5-6-10)16(25)17(22)26/h9-16,25H,5-8,21H2,1-4H3,(H2,22,26)(H,23,27)/t11-,12?,13-,14?,15-,16?/m0/s1. The van der Waals surface area contributed by atoms with Crippen molar-refractivity contribution in [3.05, 3.63) is 0 Å². The van der Waals surface area contributed by atoms with Gasteiger partial charge in [-0.25, -0.2) is 0 Å². The molecule has 1 aliphatic heterocycles. The summed E-state index contributed by atoms with van der Waals surface area (Å²) >= 11 is 0. The fourth-order valence-corrected chi connectivity index (χ4v) is 4.74. The average molecular weight is 395 g/mol. The number of carbonyl (C=O) groups excluding carboxylic acids is 3. The van der Waals surface area contributed by atoms with Crippen LogP contribution in [0.15, 0.2) is 0 Å². The van der Waals surface area contributed by atoms with Gasteiger partial charge in [0.05, 0.1) is 12.1 Å². The van der Waals surface area contributed by atoms with Crippen LogP contribution in [0.4, 0.5) is 0 Å². The Labute approximate surface area is 166 Å². The zero-order chi connectivity index (χ0) is 21.0. The predicted octanol–water partition coefficient (Wildman–Crippen LogP) is -0.416. The highest BCUT2D eigenvalue weighted by atomic mass is 16.3. The highest BCUT2D eigenvalue weighted by Crippen LogP contribution is 2.64. The summed E-state index contributed by atoms with van der Waals surface area (Å²) < 4.78 is 0. The molecule has 2 aliphatic carbocycles. The van der Waals surface area contributed by atoms with Gasteiger partial charge in [0.1, 0.15) is 6.04 Å². The van der Waals surface area contributed by atoms with Crippen LogP contribution in [0.25, 0.3) is 0 Å². The minimum atomic E-state index is -1.43. The van der Waals surface area contributed by atoms with Crippen molar-refractivity contribution in [2.75, 3.05) is 6.54 Å². The molecule has 158 valence electrons. The molecule has 3 amide bonds. The third-order valence-electron chi connectivity index (χ3n) is 7.05. The first-order valence-corrected chi connectivity index (χ1v) is 10.3. The van der Waals surface area contributed by atoms with Gasteiger partial charge in [0.25, 0.3) is 0 Å². The molecule has 3 rings (SSSR count). The molecule has 8 nitrogen and oxygen atoms in total. The predicted molar refractivity (Wildman–Crippen MR) is 104 cm³/mol. The van der Waals surface area contributed by atoms with Crippen molar-refractivity contribution in [2.45, 2.75) is 71.2 Å². The lowest BCUT2D eigenvalue weighted by Gasteiger charge is -2.34. The largest absolute Gasteiger partial charge is 0.381 e. The van der Waals surface area contributed by atoms with E-state index in [4.69, 9.17) is 11.5 Å². The second kappa shape index (κ2) is 7.30. The number of amides is 3. The number of aliphatic hydroxyl groups is 1. The molecular weight excluding hydrogens is 360 g/mol. The minimum Gasteiger partial charge on any atom is -0.381 e. The molecule has 28 heavy (non-hydrogen) atoms. The number of likely N-dealkylation sites (tertiary alicyclic amines) is 1. The van der Waals surface area contributed by atoms with Gasteiger partial charge in [0.15, 0.2) is 6.10 Å². The summed E-state index contributed by atoms with van der Waals surface area (Å²) in [5.41, 5.74) is 11.3. The number of piperidine rings is 1. The number of rotatable bonds is 8. The van der Waals surface area contributed by atoms with E-state index in [1.807, 2.05) is 13.8 Å². The number of aliphatic hydroxyl groups excluding tert-OH is 1. The molecule has 3 unspecified atom stereocenters. The number of carbonyl (C=O) groups is 3. The van der Waals surface area contributed by atoms with Crippen LogP contribution < -0.4 is 16.8 Å². The Morgan fingerprint density at radius 1 is 1.25 bits per heavy atom. The van der Waals surface area contributed by atoms with Crippen molar-refractivity contribution < 1.29 is 19.5 Å². The van der Waals surface area contributed by atoms with Gasteiger partial charge in [-0.15, -0.1) is 0 Å². The van der Waals surface area contributed by atoms with Gasteiger partial charge in [-0.3, -0.25) is 14.4 Å². The van der Waals surface area contributed by atoms with Crippen molar-refractivity contribution >= 4 is 17.7 Å². The summed E-state index contributed by atoms with van der Waals surface area (Å²) in [4.78, 5) is 39.2. The molecule has 0 aromatic rings. The van der Waals surface area contributed by atoms with E-state index in [-0.39, 0.29) is 35.0 Å². The van der Waals surface area contributed by atoms with E-state index in [0.717, 1.165) is 12.8 Å². The van der Waals surface area contributed by atoms with E-state index in [9.17, 15) is 19.5 Å². The fourth-order valence-electron chi connectivity index (χ4n) is 4.74. The van der Waals surface area contributed by atoms with Crippen molar-refractivity contribution in [1.82, 2.24) is 10.2 Å². The zero-order valence-electron chi connectivity index (χ0n) is 17.2. The molecule has 6 atom stereocenters. The third-order valence-corrected chi connectivity index (χ3v) is 7.05. The molecule has 0 aromatic heterocycles. The molecule has 2 saturated carbocycles. The first kappa shape index (κ1) is 21.0. The molecule has 8 heteroatoms. The van der Waals surface area contributed by atoms with Crippen molar-refractivity contribution in [2.24, 2.45) is 40.6 Å². The van der Waals surface area contributed by atoms with Gasteiger partial charge < -0.3 is 26.8 Å². The maximum Gasteiger partial charge on any atom is 0.248 e. The molecule has 0 spiro atoms. The molecule has 1 saturated heterocycles. The van der Waals surface area contributed by atoms with Gasteiger partial charge in [-0.2, -0.15) is 0 Å². The maximum absolute atomic E-state index is 13.2. The lowest BCUT2D eigenvalue weighted by Crippen LogP contribution is -2.58. The number of nitrogens with one attached hydrogen (secondary N) is 1. The lowest BCUT2D eigenvalue weighted by molar-refractivity contribution is -0.143. The highest BCUT2D eigenvalue weighted by molar-refractivity contribution is 5.92. The van der Waals surface area contributed by atoms with E-state index in [1.54, 1.807) is 4.90 Å². The second-order valence-electron chi connectivity index (χ2n) is 9.80. The molecule has 0 aromatic carbocycles. The minimum absolute atomic E-state index is 0.0188. The van der Waals surface area contributed by atoms with Crippen LogP contribution in [0.3, 0.4) is 0 Å². The Kier molecular flexibility index (Phi) is 5.49. The van der Waals surface area contributed by atoms with Crippen LogP contribution in [-0.2, 0) is 14.4 Å². The molecular formula is C20H34N4O4. The van der Waals surface area contributed by atoms with Crippen molar-refractivity contribution in [3.8, 4) is 0 Å². The molecule has 1 heterocycles. The van der Waals surface area contributed by atoms with Crippen molar-refractivity contribution in [1.29, 1.82) is 0 Å². The Bertz CT molecular complexity index is 661. The Morgan fingerprint density at radius 2 is 1.86 bits per heavy atom. The molecule has 3 aliphatic rings. The average Bonchev–Trinajstić information content (AvgIpc) is 3.46. The number of hydrogen-bond acceptors (Lipinski definition) is 5. The second-order valence-corrected chi connectivity index (χ2v) is 9.80. The summed E-state index contributed by atoms with van der Waals surface area (Å²) in [6.07, 6.45) is 1.12. The maximum atomic E-state index is 13.2. The van der Waals surface area contributed by atoms with Crippen molar-refractivity contribution in [3.63, 3.8) is 0 Å². The van der Waals surface area contributed by atoms with E-state index >= 15 is 0 Å². The quantitative estimate of drug-likeness (QED) is 0.443. The summed E-state index contributed by atoms with van der Waals surface area (Å²) in [5.74, 6) is -0.712. The zero-order valence-corrected chi connectivity index (χ0v) is 17.2. The summed E-state index contributed by atoms with van der Waals surface area (Å²) in [5, 5.41) is 13.0. The fraction of sp³-hybridized carbons (Fsp3) is 0.850. The molecule has 0 bridgehead atoms. The van der Waals surface area contributed by atoms with Crippen LogP contribution in [0, 0.1) is 29.1 Å². The number of fused-ring (bicyclic) bond motifs is 1. The third kappa shape index (κ3) is 3.76. The van der Waals surface area contributed by atoms with Gasteiger partial charge in [-0.05, 0) is 35.5 Å². The van der Waals surface area contributed by atoms with Gasteiger partial charge in [0.2, 0.25) is 17.7 Å². The van der Waals surface area contributed by atoms with Crippen LogP contribution in [0.2, 0.25) is 0 Å². The number of nitrogens with zero attached hydrogens (tertiary/aromatic N) is 1. The first-order valence-electron chi connectivity index (χ1n) is 10.3. The van der Waals surface area contributed by atoms with Crippen LogP contribution >= 0.6 is 0 Å². The van der Waals surface area contributed by atoms with Crippen LogP contribution in [0.5, 0.6) is 0 Å². The Hall–Kier alpha value is -1.67. The van der Waals surface area contributed by atoms with Gasteiger partial charge in [-0.1, -0.05) is 40.5 Å². The SMILES string of the molecule is CC(C)C(N)C(=O)N1C[C@H]2[C@@H]([C@H]1C(=O)NC(CC1CC1)C(O)C(N)=O)C2(C)C. The normalized spacial score (nSPS) is 31.1. The van der Waals surface area contributed by atoms with Crippen LogP contribution in [-0.4, -0.2) is 58.5 Å². The number of primary amides is 1. The number of nitrogens with two attached hydrogens (primary N) is 2. The van der Waals surface area contributed by atoms with E-state index in [1.165, 1.54) is 0 Å². The monoisotopic (exact) mass is 394 g/mol. The molecule has 3 fully saturated rings. The van der Waals surface area contributed by atoms with E-state index in [0.29, 0.717) is 18.9 Å². The van der Waals surface area contributed by atoms with E-state index < -0.39 is 30.1 Å². The molecule has 0 radical (unpaired) electrons.